The average molecular weight is 218 g/mol. The first-order valence-electron chi connectivity index (χ1n) is 6.10. The van der Waals surface area contributed by atoms with Crippen LogP contribution in [0.2, 0.25) is 0 Å². The third-order valence-electron chi connectivity index (χ3n) is 3.58. The summed E-state index contributed by atoms with van der Waals surface area (Å²) in [6, 6.07) is 0. The van der Waals surface area contributed by atoms with Gasteiger partial charge in [0.25, 0.3) is 0 Å². The Hall–Kier alpha value is -1.25. The first-order chi connectivity index (χ1) is 7.81. The molecule has 3 nitrogen and oxygen atoms in total. The quantitative estimate of drug-likeness (QED) is 0.733. The minimum atomic E-state index is 0.199. The van der Waals surface area contributed by atoms with Crippen molar-refractivity contribution in [3.8, 4) is 0 Å². The van der Waals surface area contributed by atoms with Gasteiger partial charge in [-0.1, -0.05) is 26.2 Å². The van der Waals surface area contributed by atoms with Crippen LogP contribution in [-0.2, 0) is 0 Å². The fraction of sp³-hybridized carbons (Fsp3) is 0.615. The topological polar surface area (TPSA) is 42.9 Å². The molecule has 1 aromatic rings. The van der Waals surface area contributed by atoms with Crippen LogP contribution in [0.25, 0.3) is 0 Å². The van der Waals surface area contributed by atoms with Crippen molar-refractivity contribution in [1.29, 1.82) is 0 Å². The van der Waals surface area contributed by atoms with Crippen LogP contribution in [0.4, 0.5) is 0 Å². The Bertz CT molecular complexity index is 350. The Morgan fingerprint density at radius 2 is 2.12 bits per heavy atom. The molecule has 2 rings (SSSR count). The summed E-state index contributed by atoms with van der Waals surface area (Å²) in [6.45, 7) is 2.21. The molecule has 0 bridgehead atoms. The second kappa shape index (κ2) is 5.19. The van der Waals surface area contributed by atoms with Crippen LogP contribution in [-0.4, -0.2) is 15.8 Å². The maximum Gasteiger partial charge on any atom is 0.169 e. The molecule has 0 amide bonds. The van der Waals surface area contributed by atoms with E-state index in [9.17, 15) is 4.79 Å². The Morgan fingerprint density at radius 1 is 1.38 bits per heavy atom. The van der Waals surface area contributed by atoms with E-state index in [1.807, 2.05) is 0 Å². The van der Waals surface area contributed by atoms with Gasteiger partial charge < -0.3 is 0 Å². The highest BCUT2D eigenvalue weighted by Gasteiger charge is 2.27. The number of ketones is 1. The van der Waals surface area contributed by atoms with Crippen molar-refractivity contribution in [3.63, 3.8) is 0 Å². The van der Waals surface area contributed by atoms with Crippen LogP contribution in [0.5, 0.6) is 0 Å². The predicted octanol–water partition coefficient (Wildman–Crippen LogP) is 2.88. The van der Waals surface area contributed by atoms with Crippen LogP contribution in [0.3, 0.4) is 0 Å². The van der Waals surface area contributed by atoms with E-state index in [0.717, 1.165) is 18.8 Å². The van der Waals surface area contributed by atoms with Gasteiger partial charge in [-0.15, -0.1) is 0 Å². The first kappa shape index (κ1) is 11.2. The molecule has 16 heavy (non-hydrogen) atoms. The van der Waals surface area contributed by atoms with Gasteiger partial charge in [-0.2, -0.15) is 0 Å². The maximum absolute atomic E-state index is 12.2. The second-order valence-electron chi connectivity index (χ2n) is 4.63. The third-order valence-corrected chi connectivity index (χ3v) is 3.58. The number of hydrogen-bond donors (Lipinski definition) is 0. The van der Waals surface area contributed by atoms with Crippen molar-refractivity contribution < 1.29 is 4.79 Å². The molecule has 1 heterocycles. The molecule has 0 saturated heterocycles. The molecular weight excluding hydrogens is 200 g/mol. The number of Topliss-reactive ketones (excluding diaryl/α,β-unsaturated/α-hetero) is 1. The van der Waals surface area contributed by atoms with Gasteiger partial charge in [0.1, 0.15) is 6.33 Å². The van der Waals surface area contributed by atoms with E-state index in [1.165, 1.54) is 25.6 Å². The number of nitrogens with zero attached hydrogens (tertiary/aromatic N) is 2. The van der Waals surface area contributed by atoms with Gasteiger partial charge in [0.05, 0.1) is 5.56 Å². The lowest BCUT2D eigenvalue weighted by molar-refractivity contribution is 0.0861. The van der Waals surface area contributed by atoms with E-state index in [-0.39, 0.29) is 11.7 Å². The Balaban J connectivity index is 2.05. The van der Waals surface area contributed by atoms with Crippen molar-refractivity contribution in [3.05, 3.63) is 24.3 Å². The van der Waals surface area contributed by atoms with Gasteiger partial charge in [-0.3, -0.25) is 4.79 Å². The molecule has 1 aliphatic rings. The Morgan fingerprint density at radius 3 is 2.81 bits per heavy atom. The Kier molecular flexibility index (Phi) is 3.65. The van der Waals surface area contributed by atoms with Crippen LogP contribution in [0.1, 0.15) is 49.4 Å². The normalized spacial score (nSPS) is 25.3. The van der Waals surface area contributed by atoms with Gasteiger partial charge in [-0.05, 0) is 18.8 Å². The van der Waals surface area contributed by atoms with E-state index in [1.54, 1.807) is 12.4 Å². The summed E-state index contributed by atoms with van der Waals surface area (Å²) in [7, 11) is 0. The third kappa shape index (κ3) is 2.46. The van der Waals surface area contributed by atoms with Gasteiger partial charge in [-0.25, -0.2) is 9.97 Å². The number of aromatic nitrogens is 2. The number of carbonyl (C=O) groups excluding carboxylic acids is 1. The van der Waals surface area contributed by atoms with E-state index >= 15 is 0 Å². The van der Waals surface area contributed by atoms with Crippen molar-refractivity contribution in [2.75, 3.05) is 0 Å². The highest BCUT2D eigenvalue weighted by molar-refractivity contribution is 5.97. The lowest BCUT2D eigenvalue weighted by atomic mass is 9.77. The van der Waals surface area contributed by atoms with Gasteiger partial charge in [0.2, 0.25) is 0 Å². The number of hydrogen-bond acceptors (Lipinski definition) is 3. The summed E-state index contributed by atoms with van der Waals surface area (Å²) < 4.78 is 0. The van der Waals surface area contributed by atoms with Crippen LogP contribution >= 0.6 is 0 Å². The largest absolute Gasteiger partial charge is 0.294 e. The molecule has 1 aromatic heterocycles. The summed E-state index contributed by atoms with van der Waals surface area (Å²) in [5.74, 6) is 1.16. The summed E-state index contributed by atoms with van der Waals surface area (Å²) in [5.41, 5.74) is 0.671. The van der Waals surface area contributed by atoms with Gasteiger partial charge >= 0.3 is 0 Å². The number of rotatable bonds is 3. The zero-order valence-electron chi connectivity index (χ0n) is 9.72. The zero-order valence-corrected chi connectivity index (χ0v) is 9.72. The molecule has 2 unspecified atom stereocenters. The van der Waals surface area contributed by atoms with E-state index < -0.39 is 0 Å². The minimum Gasteiger partial charge on any atom is -0.294 e. The van der Waals surface area contributed by atoms with E-state index in [2.05, 4.69) is 16.9 Å². The van der Waals surface area contributed by atoms with Crippen LogP contribution in [0, 0.1) is 11.8 Å². The van der Waals surface area contributed by atoms with Crippen LogP contribution < -0.4 is 0 Å². The second-order valence-corrected chi connectivity index (χ2v) is 4.63. The molecule has 1 aliphatic carbocycles. The summed E-state index contributed by atoms with van der Waals surface area (Å²) in [4.78, 5) is 20.0. The fourth-order valence-corrected chi connectivity index (χ4v) is 2.56. The van der Waals surface area contributed by atoms with Crippen molar-refractivity contribution in [2.45, 2.75) is 39.0 Å². The fourth-order valence-electron chi connectivity index (χ4n) is 2.56. The summed E-state index contributed by atoms with van der Waals surface area (Å²) >= 11 is 0. The SMILES string of the molecule is CCC1CCCC(C(=O)c2cncnc2)C1. The number of carbonyl (C=O) groups is 1. The molecule has 1 fully saturated rings. The van der Waals surface area contributed by atoms with E-state index in [0.29, 0.717) is 5.56 Å². The van der Waals surface area contributed by atoms with Gasteiger partial charge in [0, 0.05) is 18.3 Å². The van der Waals surface area contributed by atoms with Crippen LogP contribution in [0.15, 0.2) is 18.7 Å². The molecule has 0 aromatic carbocycles. The molecule has 0 aliphatic heterocycles. The molecule has 2 atom stereocenters. The predicted molar refractivity (Wildman–Crippen MR) is 62.1 cm³/mol. The molecule has 3 heteroatoms. The van der Waals surface area contributed by atoms with Crippen molar-refractivity contribution in [1.82, 2.24) is 9.97 Å². The van der Waals surface area contributed by atoms with Crippen molar-refractivity contribution >= 4 is 5.78 Å². The molecule has 86 valence electrons. The first-order valence-corrected chi connectivity index (χ1v) is 6.10. The highest BCUT2D eigenvalue weighted by Crippen LogP contribution is 2.32. The lowest BCUT2D eigenvalue weighted by Crippen LogP contribution is -2.23. The Labute approximate surface area is 96.3 Å². The molecule has 0 spiro atoms. The zero-order chi connectivity index (χ0) is 11.4. The monoisotopic (exact) mass is 218 g/mol. The standard InChI is InChI=1S/C13H18N2O/c1-2-10-4-3-5-11(6-10)13(16)12-7-14-9-15-8-12/h7-11H,2-6H2,1H3. The molecule has 1 saturated carbocycles. The summed E-state index contributed by atoms with van der Waals surface area (Å²) in [5, 5.41) is 0. The summed E-state index contributed by atoms with van der Waals surface area (Å²) in [6.07, 6.45) is 10.5. The maximum atomic E-state index is 12.2. The van der Waals surface area contributed by atoms with Gasteiger partial charge in [0.15, 0.2) is 5.78 Å². The van der Waals surface area contributed by atoms with Crippen molar-refractivity contribution in [2.24, 2.45) is 11.8 Å². The minimum absolute atomic E-state index is 0.199. The molecule has 0 radical (unpaired) electrons. The average Bonchev–Trinajstić information content (AvgIpc) is 2.39. The highest BCUT2D eigenvalue weighted by atomic mass is 16.1. The molecule has 0 N–H and O–H groups in total. The van der Waals surface area contributed by atoms with E-state index in [4.69, 9.17) is 0 Å². The smallest absolute Gasteiger partial charge is 0.169 e. The molecular formula is C13H18N2O. The lowest BCUT2D eigenvalue weighted by Gasteiger charge is -2.27.